The Morgan fingerprint density at radius 2 is 1.55 bits per heavy atom. The standard InChI is InChI=1S/C20H21ClN2O5S/c1-15-2-4-16(5-3-15)20(25)28-14-19(24)22-10-12-23(13-11-22)29(26,27)18-8-6-17(21)7-9-18/h2-9H,10-14H2,1H3. The van der Waals surface area contributed by atoms with Crippen LogP contribution in [0.2, 0.25) is 5.02 Å². The number of carbonyl (C=O) groups excluding carboxylic acids is 2. The molecule has 0 radical (unpaired) electrons. The number of sulfonamides is 1. The van der Waals surface area contributed by atoms with E-state index in [-0.39, 0.29) is 43.6 Å². The first-order valence-electron chi connectivity index (χ1n) is 9.04. The highest BCUT2D eigenvalue weighted by molar-refractivity contribution is 7.89. The molecule has 9 heteroatoms. The lowest BCUT2D eigenvalue weighted by molar-refractivity contribution is -0.135. The summed E-state index contributed by atoms with van der Waals surface area (Å²) in [7, 11) is -3.64. The Labute approximate surface area is 174 Å². The molecule has 7 nitrogen and oxygen atoms in total. The summed E-state index contributed by atoms with van der Waals surface area (Å²) in [6, 6.07) is 12.8. The van der Waals surface area contributed by atoms with E-state index in [0.717, 1.165) is 5.56 Å². The van der Waals surface area contributed by atoms with Gasteiger partial charge in [-0.2, -0.15) is 4.31 Å². The van der Waals surface area contributed by atoms with E-state index in [1.165, 1.54) is 33.5 Å². The second-order valence-corrected chi connectivity index (χ2v) is 9.06. The van der Waals surface area contributed by atoms with Crippen molar-refractivity contribution in [1.82, 2.24) is 9.21 Å². The van der Waals surface area contributed by atoms with E-state index < -0.39 is 16.0 Å². The maximum absolute atomic E-state index is 12.7. The van der Waals surface area contributed by atoms with Crippen LogP contribution in [0.4, 0.5) is 0 Å². The van der Waals surface area contributed by atoms with Crippen molar-refractivity contribution in [3.05, 3.63) is 64.7 Å². The molecule has 0 N–H and O–H groups in total. The zero-order valence-electron chi connectivity index (χ0n) is 15.9. The van der Waals surface area contributed by atoms with E-state index in [2.05, 4.69) is 0 Å². The Kier molecular flexibility index (Phi) is 6.56. The van der Waals surface area contributed by atoms with Crippen LogP contribution < -0.4 is 0 Å². The Bertz CT molecular complexity index is 983. The zero-order chi connectivity index (χ0) is 21.0. The number of carbonyl (C=O) groups is 2. The third-order valence-corrected chi connectivity index (χ3v) is 6.82. The summed E-state index contributed by atoms with van der Waals surface area (Å²) in [5, 5.41) is 0.458. The van der Waals surface area contributed by atoms with Crippen molar-refractivity contribution >= 4 is 33.5 Å². The molecule has 1 aliphatic rings. The van der Waals surface area contributed by atoms with Crippen molar-refractivity contribution in [2.75, 3.05) is 32.8 Å². The molecular weight excluding hydrogens is 416 g/mol. The van der Waals surface area contributed by atoms with Gasteiger partial charge in [-0.3, -0.25) is 4.79 Å². The van der Waals surface area contributed by atoms with Gasteiger partial charge >= 0.3 is 5.97 Å². The number of ether oxygens (including phenoxy) is 1. The van der Waals surface area contributed by atoms with Crippen molar-refractivity contribution in [2.45, 2.75) is 11.8 Å². The van der Waals surface area contributed by atoms with Crippen LogP contribution in [0.1, 0.15) is 15.9 Å². The van der Waals surface area contributed by atoms with Crippen LogP contribution in [0.5, 0.6) is 0 Å². The fourth-order valence-electron chi connectivity index (χ4n) is 2.93. The molecule has 0 bridgehead atoms. The van der Waals surface area contributed by atoms with Crippen LogP contribution in [0.15, 0.2) is 53.4 Å². The van der Waals surface area contributed by atoms with Crippen molar-refractivity contribution < 1.29 is 22.7 Å². The van der Waals surface area contributed by atoms with Gasteiger partial charge in [0.05, 0.1) is 10.5 Å². The maximum Gasteiger partial charge on any atom is 0.338 e. The lowest BCUT2D eigenvalue weighted by Gasteiger charge is -2.33. The summed E-state index contributed by atoms with van der Waals surface area (Å²) in [5.41, 5.74) is 1.39. The van der Waals surface area contributed by atoms with Gasteiger partial charge in [0.25, 0.3) is 5.91 Å². The van der Waals surface area contributed by atoms with Gasteiger partial charge in [-0.05, 0) is 43.3 Å². The Morgan fingerprint density at radius 3 is 2.14 bits per heavy atom. The Hall–Kier alpha value is -2.42. The van der Waals surface area contributed by atoms with Gasteiger partial charge in [0.2, 0.25) is 10.0 Å². The fraction of sp³-hybridized carbons (Fsp3) is 0.300. The number of benzene rings is 2. The van der Waals surface area contributed by atoms with Gasteiger partial charge in [0.15, 0.2) is 6.61 Å². The topological polar surface area (TPSA) is 84.0 Å². The molecule has 154 valence electrons. The molecular formula is C20H21ClN2O5S. The molecule has 0 spiro atoms. The monoisotopic (exact) mass is 436 g/mol. The van der Waals surface area contributed by atoms with E-state index >= 15 is 0 Å². The number of halogens is 1. The normalized spacial score (nSPS) is 15.2. The van der Waals surface area contributed by atoms with E-state index in [0.29, 0.717) is 10.6 Å². The molecule has 1 amide bonds. The number of hydrogen-bond donors (Lipinski definition) is 0. The number of esters is 1. The van der Waals surface area contributed by atoms with Crippen molar-refractivity contribution in [2.24, 2.45) is 0 Å². The molecule has 0 saturated carbocycles. The number of aryl methyl sites for hydroxylation is 1. The molecule has 2 aromatic rings. The van der Waals surface area contributed by atoms with Crippen LogP contribution in [0, 0.1) is 6.92 Å². The third kappa shape index (κ3) is 5.14. The van der Waals surface area contributed by atoms with Gasteiger partial charge in [-0.25, -0.2) is 13.2 Å². The smallest absolute Gasteiger partial charge is 0.338 e. The average molecular weight is 437 g/mol. The summed E-state index contributed by atoms with van der Waals surface area (Å²) >= 11 is 5.81. The highest BCUT2D eigenvalue weighted by Gasteiger charge is 2.30. The molecule has 1 fully saturated rings. The van der Waals surface area contributed by atoms with E-state index in [4.69, 9.17) is 16.3 Å². The highest BCUT2D eigenvalue weighted by atomic mass is 35.5. The summed E-state index contributed by atoms with van der Waals surface area (Å²) in [5.74, 6) is -0.920. The van der Waals surface area contributed by atoms with Gasteiger partial charge in [0, 0.05) is 31.2 Å². The molecule has 0 unspecified atom stereocenters. The predicted octanol–water partition coefficient (Wildman–Crippen LogP) is 2.34. The predicted molar refractivity (Wildman–Crippen MR) is 108 cm³/mol. The molecule has 2 aromatic carbocycles. The summed E-state index contributed by atoms with van der Waals surface area (Å²) in [4.78, 5) is 26.0. The molecule has 29 heavy (non-hydrogen) atoms. The first-order valence-corrected chi connectivity index (χ1v) is 10.9. The SMILES string of the molecule is Cc1ccc(C(=O)OCC(=O)N2CCN(S(=O)(=O)c3ccc(Cl)cc3)CC2)cc1. The van der Waals surface area contributed by atoms with Gasteiger partial charge in [-0.15, -0.1) is 0 Å². The second-order valence-electron chi connectivity index (χ2n) is 6.68. The quantitative estimate of drug-likeness (QED) is 0.672. The van der Waals surface area contributed by atoms with Gasteiger partial charge in [-0.1, -0.05) is 29.3 Å². The zero-order valence-corrected chi connectivity index (χ0v) is 17.4. The minimum absolute atomic E-state index is 0.161. The van der Waals surface area contributed by atoms with Crippen molar-refractivity contribution in [3.8, 4) is 0 Å². The van der Waals surface area contributed by atoms with E-state index in [1.54, 1.807) is 24.3 Å². The summed E-state index contributed by atoms with van der Waals surface area (Å²) in [6.45, 7) is 2.33. The number of nitrogens with zero attached hydrogens (tertiary/aromatic N) is 2. The van der Waals surface area contributed by atoms with Crippen LogP contribution in [0.25, 0.3) is 0 Å². The van der Waals surface area contributed by atoms with Crippen LogP contribution in [0.3, 0.4) is 0 Å². The minimum atomic E-state index is -3.64. The Morgan fingerprint density at radius 1 is 0.966 bits per heavy atom. The van der Waals surface area contributed by atoms with Gasteiger partial charge < -0.3 is 9.64 Å². The van der Waals surface area contributed by atoms with Crippen LogP contribution in [-0.4, -0.2) is 62.3 Å². The van der Waals surface area contributed by atoms with E-state index in [9.17, 15) is 18.0 Å². The fourth-order valence-corrected chi connectivity index (χ4v) is 4.47. The molecule has 1 aliphatic heterocycles. The van der Waals surface area contributed by atoms with Crippen molar-refractivity contribution in [1.29, 1.82) is 0 Å². The molecule has 3 rings (SSSR count). The second kappa shape index (κ2) is 8.94. The largest absolute Gasteiger partial charge is 0.452 e. The average Bonchev–Trinajstić information content (AvgIpc) is 2.72. The summed E-state index contributed by atoms with van der Waals surface area (Å²) < 4.78 is 31.8. The molecule has 0 aliphatic carbocycles. The van der Waals surface area contributed by atoms with Crippen LogP contribution >= 0.6 is 11.6 Å². The first-order chi connectivity index (χ1) is 13.8. The van der Waals surface area contributed by atoms with Gasteiger partial charge in [0.1, 0.15) is 0 Å². The number of amides is 1. The molecule has 0 aromatic heterocycles. The third-order valence-electron chi connectivity index (χ3n) is 4.66. The van der Waals surface area contributed by atoms with Crippen molar-refractivity contribution in [3.63, 3.8) is 0 Å². The molecule has 1 heterocycles. The number of hydrogen-bond acceptors (Lipinski definition) is 5. The minimum Gasteiger partial charge on any atom is -0.452 e. The summed E-state index contributed by atoms with van der Waals surface area (Å²) in [6.07, 6.45) is 0. The van der Waals surface area contributed by atoms with E-state index in [1.807, 2.05) is 6.92 Å². The highest BCUT2D eigenvalue weighted by Crippen LogP contribution is 2.20. The first kappa shape index (κ1) is 21.3. The molecule has 0 atom stereocenters. The molecule has 1 saturated heterocycles. The Balaban J connectivity index is 1.52. The lowest BCUT2D eigenvalue weighted by Crippen LogP contribution is -2.51. The maximum atomic E-state index is 12.7. The number of piperazine rings is 1. The van der Waals surface area contributed by atoms with Crippen LogP contribution in [-0.2, 0) is 19.6 Å². The number of rotatable bonds is 5. The lowest BCUT2D eigenvalue weighted by atomic mass is 10.1.